The Kier molecular flexibility index (Phi) is 8.52. The molecule has 0 aromatic heterocycles. The van der Waals surface area contributed by atoms with Crippen molar-refractivity contribution in [2.24, 2.45) is 0 Å². The van der Waals surface area contributed by atoms with Crippen LogP contribution in [0.25, 0.3) is 0 Å². The monoisotopic (exact) mass is 600 g/mol. The van der Waals surface area contributed by atoms with Crippen LogP contribution in [0.1, 0.15) is 12.5 Å². The van der Waals surface area contributed by atoms with E-state index in [1.54, 1.807) is 0 Å². The van der Waals surface area contributed by atoms with Crippen LogP contribution in [0.2, 0.25) is 0 Å². The van der Waals surface area contributed by atoms with Crippen molar-refractivity contribution in [3.05, 3.63) is 77.8 Å². The van der Waals surface area contributed by atoms with Crippen LogP contribution in [0.5, 0.6) is 0 Å². The lowest BCUT2D eigenvalue weighted by molar-refractivity contribution is -0.137. The summed E-state index contributed by atoms with van der Waals surface area (Å²) in [5.41, 5.74) is -6.61. The molecule has 0 spiro atoms. The lowest BCUT2D eigenvalue weighted by Gasteiger charge is -2.25. The summed E-state index contributed by atoms with van der Waals surface area (Å²) >= 11 is 0. The number of amides is 1. The molecule has 0 bridgehead atoms. The summed E-state index contributed by atoms with van der Waals surface area (Å²) in [6, 6.07) is 4.71. The number of alkyl halides is 3. The van der Waals surface area contributed by atoms with E-state index in [1.165, 1.54) is 0 Å². The van der Waals surface area contributed by atoms with Crippen LogP contribution in [0.3, 0.4) is 0 Å². The van der Waals surface area contributed by atoms with Crippen LogP contribution >= 0.6 is 0 Å². The smallest absolute Gasteiger partial charge is 0.379 e. The molecule has 10 nitrogen and oxygen atoms in total. The zero-order chi connectivity index (χ0) is 29.3. The second-order valence-corrected chi connectivity index (χ2v) is 13.5. The van der Waals surface area contributed by atoms with Gasteiger partial charge >= 0.3 is 6.18 Å². The molecule has 2 N–H and O–H groups in total. The maximum Gasteiger partial charge on any atom is 0.418 e. The van der Waals surface area contributed by atoms with Crippen LogP contribution in [-0.2, 0) is 40.9 Å². The standard InChI is InChI=1S/C21H20F4N2O8S3/c1-4-37(32,33)27(38(34,35)5-2)18-11-8-15(12-17(18)21(23,24)25)26-19(28)20(3,29)13-36(30,31)16-9-6-14(22)7-10-16/h4-12,29H,1-2,13H2,3H3,(H,26,28)/t20-/m0/s1. The van der Waals surface area contributed by atoms with Gasteiger partial charge in [-0.2, -0.15) is 16.9 Å². The zero-order valence-corrected chi connectivity index (χ0v) is 21.8. The second-order valence-electron chi connectivity index (χ2n) is 7.79. The fourth-order valence-corrected chi connectivity index (χ4v) is 7.23. The Morgan fingerprint density at radius 3 is 1.92 bits per heavy atom. The highest BCUT2D eigenvalue weighted by Gasteiger charge is 2.42. The number of carbonyl (C=O) groups excluding carboxylic acids is 1. The van der Waals surface area contributed by atoms with Crippen LogP contribution in [0, 0.1) is 5.82 Å². The van der Waals surface area contributed by atoms with E-state index in [1.807, 2.05) is 5.32 Å². The molecular formula is C21H20F4N2O8S3. The molecule has 0 saturated heterocycles. The van der Waals surface area contributed by atoms with Gasteiger partial charge in [-0.1, -0.05) is 13.2 Å². The van der Waals surface area contributed by atoms with Gasteiger partial charge in [0.05, 0.1) is 21.9 Å². The number of hydrogen-bond acceptors (Lipinski definition) is 8. The highest BCUT2D eigenvalue weighted by atomic mass is 32.3. The van der Waals surface area contributed by atoms with Gasteiger partial charge in [-0.3, -0.25) is 4.79 Å². The van der Waals surface area contributed by atoms with Crippen molar-refractivity contribution in [3.63, 3.8) is 0 Å². The Bertz CT molecular complexity index is 1550. The maximum absolute atomic E-state index is 13.8. The van der Waals surface area contributed by atoms with E-state index in [0.717, 1.165) is 31.2 Å². The minimum absolute atomic E-state index is 0.0999. The van der Waals surface area contributed by atoms with Crippen molar-refractivity contribution in [2.45, 2.75) is 23.6 Å². The first-order valence-electron chi connectivity index (χ1n) is 9.97. The number of rotatable bonds is 10. The number of nitrogens with zero attached hydrogens (tertiary/aromatic N) is 1. The van der Waals surface area contributed by atoms with Crippen molar-refractivity contribution < 1.29 is 52.7 Å². The van der Waals surface area contributed by atoms with E-state index >= 15 is 0 Å². The molecule has 2 aromatic rings. The normalized spacial score (nSPS) is 14.3. The van der Waals surface area contributed by atoms with Crippen LogP contribution in [0.4, 0.5) is 28.9 Å². The number of hydrogen-bond donors (Lipinski definition) is 2. The molecular weight excluding hydrogens is 580 g/mol. The number of nitrogens with one attached hydrogen (secondary N) is 1. The Balaban J connectivity index is 2.52. The highest BCUT2D eigenvalue weighted by Crippen LogP contribution is 2.40. The third-order valence-electron chi connectivity index (χ3n) is 4.77. The summed E-state index contributed by atoms with van der Waals surface area (Å²) in [7, 11) is -14.5. The minimum Gasteiger partial charge on any atom is -0.379 e. The van der Waals surface area contributed by atoms with Gasteiger partial charge in [-0.05, 0) is 49.4 Å². The predicted octanol–water partition coefficient (Wildman–Crippen LogP) is 2.76. The Labute approximate surface area is 215 Å². The topological polar surface area (TPSA) is 155 Å². The van der Waals surface area contributed by atoms with Crippen molar-refractivity contribution in [1.82, 2.24) is 0 Å². The molecule has 0 heterocycles. The van der Waals surface area contributed by atoms with Crippen molar-refractivity contribution >= 4 is 47.2 Å². The first kappa shape index (κ1) is 30.9. The second kappa shape index (κ2) is 10.5. The van der Waals surface area contributed by atoms with Crippen LogP contribution in [0.15, 0.2) is 71.3 Å². The fraction of sp³-hybridized carbons (Fsp3) is 0.190. The number of benzene rings is 2. The molecule has 0 saturated carbocycles. The molecule has 0 unspecified atom stereocenters. The largest absolute Gasteiger partial charge is 0.418 e. The molecule has 2 aromatic carbocycles. The molecule has 208 valence electrons. The van der Waals surface area contributed by atoms with Crippen molar-refractivity contribution in [1.29, 1.82) is 0 Å². The summed E-state index contributed by atoms with van der Waals surface area (Å²) in [5.74, 6) is -3.47. The van der Waals surface area contributed by atoms with Crippen molar-refractivity contribution in [2.75, 3.05) is 14.8 Å². The number of anilines is 2. The van der Waals surface area contributed by atoms with Gasteiger partial charge in [-0.15, -0.1) is 0 Å². The van der Waals surface area contributed by atoms with E-state index in [9.17, 15) is 52.7 Å². The summed E-state index contributed by atoms with van der Waals surface area (Å²) in [6.45, 7) is 6.55. The first-order valence-corrected chi connectivity index (χ1v) is 14.6. The molecule has 38 heavy (non-hydrogen) atoms. The van der Waals surface area contributed by atoms with E-state index in [2.05, 4.69) is 13.2 Å². The average Bonchev–Trinajstić information content (AvgIpc) is 2.78. The molecule has 0 radical (unpaired) electrons. The van der Waals surface area contributed by atoms with Gasteiger partial charge in [0.25, 0.3) is 26.0 Å². The van der Waals surface area contributed by atoms with E-state index in [0.29, 0.717) is 12.1 Å². The quantitative estimate of drug-likeness (QED) is 0.312. The Hall–Kier alpha value is -3.28. The summed E-state index contributed by atoms with van der Waals surface area (Å²) in [5, 5.41) is 12.5. The predicted molar refractivity (Wildman–Crippen MR) is 130 cm³/mol. The molecule has 1 atom stereocenters. The van der Waals surface area contributed by atoms with Crippen molar-refractivity contribution in [3.8, 4) is 0 Å². The van der Waals surface area contributed by atoms with E-state index in [4.69, 9.17) is 0 Å². The summed E-state index contributed by atoms with van der Waals surface area (Å²) < 4.78 is 128. The third kappa shape index (κ3) is 6.77. The first-order chi connectivity index (χ1) is 17.2. The number of sulfone groups is 1. The summed E-state index contributed by atoms with van der Waals surface area (Å²) in [6.07, 6.45) is -5.36. The van der Waals surface area contributed by atoms with Gasteiger partial charge in [0, 0.05) is 16.5 Å². The number of sulfonamides is 2. The maximum atomic E-state index is 13.8. The average molecular weight is 601 g/mol. The van der Waals surface area contributed by atoms with Crippen LogP contribution in [-0.4, -0.2) is 47.6 Å². The van der Waals surface area contributed by atoms with Gasteiger partial charge < -0.3 is 10.4 Å². The number of halogens is 4. The number of carbonyl (C=O) groups is 1. The number of aliphatic hydroxyl groups is 1. The van der Waals surface area contributed by atoms with E-state index in [-0.39, 0.29) is 16.9 Å². The molecule has 0 aliphatic rings. The molecule has 0 aliphatic heterocycles. The fourth-order valence-electron chi connectivity index (χ4n) is 2.98. The highest BCUT2D eigenvalue weighted by molar-refractivity contribution is 8.12. The third-order valence-corrected chi connectivity index (χ3v) is 10.1. The van der Waals surface area contributed by atoms with E-state index < -0.39 is 84.7 Å². The van der Waals surface area contributed by atoms with Gasteiger partial charge in [0.2, 0.25) is 0 Å². The Morgan fingerprint density at radius 2 is 1.47 bits per heavy atom. The zero-order valence-electron chi connectivity index (χ0n) is 19.3. The summed E-state index contributed by atoms with van der Waals surface area (Å²) in [4.78, 5) is 12.2. The minimum atomic E-state index is -5.36. The van der Waals surface area contributed by atoms with Crippen LogP contribution < -0.4 is 9.03 Å². The molecule has 17 heteroatoms. The van der Waals surface area contributed by atoms with Gasteiger partial charge in [0.15, 0.2) is 15.4 Å². The lowest BCUT2D eigenvalue weighted by atomic mass is 10.1. The Morgan fingerprint density at radius 1 is 0.974 bits per heavy atom. The molecule has 0 aliphatic carbocycles. The van der Waals surface area contributed by atoms with Gasteiger partial charge in [0.1, 0.15) is 5.82 Å². The molecule has 2 rings (SSSR count). The molecule has 1 amide bonds. The molecule has 0 fully saturated rings. The lowest BCUT2D eigenvalue weighted by Crippen LogP contribution is -2.45. The SMILES string of the molecule is C=CS(=O)(=O)N(c1ccc(NC(=O)[C@@](C)(O)CS(=O)(=O)c2ccc(F)cc2)cc1C(F)(F)F)S(=O)(=O)C=C. The van der Waals surface area contributed by atoms with Gasteiger partial charge in [-0.25, -0.2) is 29.6 Å².